The number of hydrogen-bond donors (Lipinski definition) is 1. The monoisotopic (exact) mass is 377 g/mol. The highest BCUT2D eigenvalue weighted by molar-refractivity contribution is 6.42. The zero-order valence-electron chi connectivity index (χ0n) is 13.8. The lowest BCUT2D eigenvalue weighted by molar-refractivity contribution is 0.319. The van der Waals surface area contributed by atoms with E-state index in [1.165, 1.54) is 6.07 Å². The molecule has 25 heavy (non-hydrogen) atoms. The third-order valence-corrected chi connectivity index (χ3v) is 4.83. The predicted molar refractivity (Wildman–Crippen MR) is 101 cm³/mol. The van der Waals surface area contributed by atoms with Crippen LogP contribution in [0, 0.1) is 6.92 Å². The highest BCUT2D eigenvalue weighted by atomic mass is 35.5. The molecule has 0 saturated heterocycles. The van der Waals surface area contributed by atoms with Gasteiger partial charge in [0.1, 0.15) is 11.3 Å². The van der Waals surface area contributed by atoms with Crippen LogP contribution in [0.1, 0.15) is 16.7 Å². The van der Waals surface area contributed by atoms with Crippen LogP contribution in [-0.4, -0.2) is 17.1 Å². The van der Waals surface area contributed by atoms with Crippen molar-refractivity contribution in [3.8, 4) is 5.75 Å². The molecule has 0 fully saturated rings. The van der Waals surface area contributed by atoms with Gasteiger partial charge in [-0.2, -0.15) is 0 Å². The Balaban J connectivity index is 1.90. The SMILES string of the molecule is Cc1c(O)ccc2c(CN(C)Cc3ccc(Cl)c(Cl)c3)cc(=O)oc12. The minimum absolute atomic E-state index is 0.108. The van der Waals surface area contributed by atoms with E-state index in [2.05, 4.69) is 4.90 Å². The van der Waals surface area contributed by atoms with E-state index in [-0.39, 0.29) is 5.75 Å². The fourth-order valence-electron chi connectivity index (χ4n) is 2.84. The van der Waals surface area contributed by atoms with Crippen LogP contribution in [0.3, 0.4) is 0 Å². The molecule has 6 heteroatoms. The minimum atomic E-state index is -0.431. The minimum Gasteiger partial charge on any atom is -0.508 e. The number of aryl methyl sites for hydroxylation is 1. The van der Waals surface area contributed by atoms with Crippen LogP contribution in [0.4, 0.5) is 0 Å². The van der Waals surface area contributed by atoms with Crippen molar-refractivity contribution in [3.63, 3.8) is 0 Å². The molecule has 130 valence electrons. The van der Waals surface area contributed by atoms with Gasteiger partial charge in [-0.25, -0.2) is 4.79 Å². The zero-order chi connectivity index (χ0) is 18.1. The second kappa shape index (κ2) is 7.08. The van der Waals surface area contributed by atoms with E-state index < -0.39 is 5.63 Å². The van der Waals surface area contributed by atoms with Crippen LogP contribution >= 0.6 is 23.2 Å². The van der Waals surface area contributed by atoms with Crippen molar-refractivity contribution < 1.29 is 9.52 Å². The van der Waals surface area contributed by atoms with E-state index in [1.54, 1.807) is 25.1 Å². The summed E-state index contributed by atoms with van der Waals surface area (Å²) in [5, 5.41) is 11.7. The number of nitrogens with zero attached hydrogens (tertiary/aromatic N) is 1. The Morgan fingerprint density at radius 3 is 2.56 bits per heavy atom. The lowest BCUT2D eigenvalue weighted by Crippen LogP contribution is -2.18. The van der Waals surface area contributed by atoms with E-state index in [0.29, 0.717) is 34.3 Å². The van der Waals surface area contributed by atoms with Crippen LogP contribution < -0.4 is 5.63 Å². The molecule has 0 radical (unpaired) electrons. The summed E-state index contributed by atoms with van der Waals surface area (Å²) in [5.74, 6) is 0.108. The Kier molecular flexibility index (Phi) is 5.04. The Labute approximate surface area is 155 Å². The third-order valence-electron chi connectivity index (χ3n) is 4.09. The van der Waals surface area contributed by atoms with Crippen LogP contribution in [-0.2, 0) is 13.1 Å². The summed E-state index contributed by atoms with van der Waals surface area (Å²) < 4.78 is 5.28. The van der Waals surface area contributed by atoms with E-state index in [9.17, 15) is 9.90 Å². The molecule has 0 aliphatic carbocycles. The summed E-state index contributed by atoms with van der Waals surface area (Å²) >= 11 is 12.0. The molecule has 0 spiro atoms. The third kappa shape index (κ3) is 3.82. The highest BCUT2D eigenvalue weighted by Crippen LogP contribution is 2.28. The van der Waals surface area contributed by atoms with Crippen LogP contribution in [0.5, 0.6) is 5.75 Å². The van der Waals surface area contributed by atoms with Gasteiger partial charge in [0.15, 0.2) is 0 Å². The number of hydrogen-bond acceptors (Lipinski definition) is 4. The number of benzene rings is 2. The van der Waals surface area contributed by atoms with Crippen LogP contribution in [0.25, 0.3) is 11.0 Å². The van der Waals surface area contributed by atoms with Crippen molar-refractivity contribution >= 4 is 34.2 Å². The Morgan fingerprint density at radius 2 is 1.84 bits per heavy atom. The fraction of sp³-hybridized carbons (Fsp3) is 0.211. The molecule has 0 saturated carbocycles. The van der Waals surface area contributed by atoms with Crippen LogP contribution in [0.15, 0.2) is 45.6 Å². The first-order valence-electron chi connectivity index (χ1n) is 7.73. The van der Waals surface area contributed by atoms with Gasteiger partial charge in [0, 0.05) is 30.1 Å². The lowest BCUT2D eigenvalue weighted by Gasteiger charge is -2.18. The van der Waals surface area contributed by atoms with Gasteiger partial charge in [0.2, 0.25) is 0 Å². The van der Waals surface area contributed by atoms with Gasteiger partial charge in [-0.3, -0.25) is 4.90 Å². The topological polar surface area (TPSA) is 53.7 Å². The number of fused-ring (bicyclic) bond motifs is 1. The van der Waals surface area contributed by atoms with Gasteiger partial charge in [0.25, 0.3) is 0 Å². The summed E-state index contributed by atoms with van der Waals surface area (Å²) in [6, 6.07) is 10.4. The molecule has 0 bridgehead atoms. The van der Waals surface area contributed by atoms with Crippen molar-refractivity contribution in [1.82, 2.24) is 4.90 Å². The number of phenolic OH excluding ortho intramolecular Hbond substituents is 1. The van der Waals surface area contributed by atoms with Gasteiger partial charge < -0.3 is 9.52 Å². The zero-order valence-corrected chi connectivity index (χ0v) is 15.4. The number of aromatic hydroxyl groups is 1. The maximum Gasteiger partial charge on any atom is 0.336 e. The Morgan fingerprint density at radius 1 is 1.08 bits per heavy atom. The summed E-state index contributed by atoms with van der Waals surface area (Å²) in [5.41, 5.74) is 2.42. The molecular formula is C19H17Cl2NO3. The maximum atomic E-state index is 11.9. The first-order valence-corrected chi connectivity index (χ1v) is 8.48. The van der Waals surface area contributed by atoms with E-state index in [4.69, 9.17) is 27.6 Å². The summed E-state index contributed by atoms with van der Waals surface area (Å²) in [7, 11) is 1.95. The first kappa shape index (κ1) is 17.8. The van der Waals surface area contributed by atoms with E-state index >= 15 is 0 Å². The number of rotatable bonds is 4. The quantitative estimate of drug-likeness (QED) is 0.666. The predicted octanol–water partition coefficient (Wildman–Crippen LogP) is 4.75. The van der Waals surface area contributed by atoms with Gasteiger partial charge >= 0.3 is 5.63 Å². The smallest absolute Gasteiger partial charge is 0.336 e. The number of phenols is 1. The van der Waals surface area contributed by atoms with Crippen molar-refractivity contribution in [1.29, 1.82) is 0 Å². The maximum absolute atomic E-state index is 11.9. The summed E-state index contributed by atoms with van der Waals surface area (Å²) in [6.45, 7) is 2.92. The average molecular weight is 378 g/mol. The average Bonchev–Trinajstić information content (AvgIpc) is 2.55. The lowest BCUT2D eigenvalue weighted by atomic mass is 10.1. The molecule has 2 aromatic carbocycles. The van der Waals surface area contributed by atoms with E-state index in [1.807, 2.05) is 19.2 Å². The number of halogens is 2. The first-order chi connectivity index (χ1) is 11.8. The molecule has 0 unspecified atom stereocenters. The largest absolute Gasteiger partial charge is 0.508 e. The normalized spacial score (nSPS) is 11.4. The molecule has 3 rings (SSSR count). The highest BCUT2D eigenvalue weighted by Gasteiger charge is 2.12. The van der Waals surface area contributed by atoms with Crippen molar-refractivity contribution in [2.24, 2.45) is 0 Å². The van der Waals surface area contributed by atoms with Gasteiger partial charge in [-0.15, -0.1) is 0 Å². The van der Waals surface area contributed by atoms with Crippen LogP contribution in [0.2, 0.25) is 10.0 Å². The molecule has 1 N–H and O–H groups in total. The molecule has 1 aromatic heterocycles. The Hall–Kier alpha value is -2.01. The molecule has 3 aromatic rings. The molecule has 0 aliphatic heterocycles. The molecule has 0 atom stereocenters. The molecule has 0 amide bonds. The standard InChI is InChI=1S/C19H17Cl2NO3/c1-11-17(23)6-4-14-13(8-18(24)25-19(11)14)10-22(2)9-12-3-5-15(20)16(21)7-12/h3-8,23H,9-10H2,1-2H3. The summed E-state index contributed by atoms with van der Waals surface area (Å²) in [6.07, 6.45) is 0. The molecule has 1 heterocycles. The second-order valence-corrected chi connectivity index (χ2v) is 6.91. The summed E-state index contributed by atoms with van der Waals surface area (Å²) in [4.78, 5) is 14.0. The van der Waals surface area contributed by atoms with Crippen molar-refractivity contribution in [2.75, 3.05) is 7.05 Å². The second-order valence-electron chi connectivity index (χ2n) is 6.10. The van der Waals surface area contributed by atoms with Gasteiger partial charge in [0.05, 0.1) is 10.0 Å². The fourth-order valence-corrected chi connectivity index (χ4v) is 3.16. The molecule has 4 nitrogen and oxygen atoms in total. The molecular weight excluding hydrogens is 361 g/mol. The molecule has 0 aliphatic rings. The van der Waals surface area contributed by atoms with Crippen molar-refractivity contribution in [3.05, 3.63) is 73.6 Å². The Bertz CT molecular complexity index is 998. The van der Waals surface area contributed by atoms with Gasteiger partial charge in [-0.1, -0.05) is 29.3 Å². The van der Waals surface area contributed by atoms with E-state index in [0.717, 1.165) is 16.5 Å². The van der Waals surface area contributed by atoms with Gasteiger partial charge in [-0.05, 0) is 49.4 Å². The van der Waals surface area contributed by atoms with Crippen molar-refractivity contribution in [2.45, 2.75) is 20.0 Å².